The summed E-state index contributed by atoms with van der Waals surface area (Å²) in [7, 11) is 0. The zero-order chi connectivity index (χ0) is 34.4. The summed E-state index contributed by atoms with van der Waals surface area (Å²) in [6, 6.07) is 68.9. The maximum Gasteiger partial charge on any atom is 0.154 e. The van der Waals surface area contributed by atoms with E-state index in [1.165, 1.54) is 44.2 Å². The van der Waals surface area contributed by atoms with Crippen LogP contribution in [0.15, 0.2) is 199 Å². The number of pyridine rings is 1. The van der Waals surface area contributed by atoms with Crippen LogP contribution in [0.25, 0.3) is 77.1 Å². The van der Waals surface area contributed by atoms with Crippen molar-refractivity contribution in [3.63, 3.8) is 0 Å². The Morgan fingerprint density at radius 3 is 1.83 bits per heavy atom. The molecule has 52 heavy (non-hydrogen) atoms. The molecule has 0 aliphatic heterocycles. The molecule has 0 radical (unpaired) electrons. The van der Waals surface area contributed by atoms with Gasteiger partial charge in [-0.3, -0.25) is 0 Å². The molecule has 0 fully saturated rings. The zero-order valence-corrected chi connectivity index (χ0v) is 28.3. The van der Waals surface area contributed by atoms with Crippen molar-refractivity contribution in [1.82, 2.24) is 4.98 Å². The molecule has 0 N–H and O–H groups in total. The second kappa shape index (κ2) is 12.4. The quantitative estimate of drug-likeness (QED) is 0.177. The number of para-hydroxylation sites is 1. The van der Waals surface area contributed by atoms with Crippen molar-refractivity contribution in [3.05, 3.63) is 194 Å². The SMILES string of the molecule is c1ccc(-c2ccc(N(c3ccc(-c4cccc5ccccc45)c(-c4ccccc4)c3)c3ccc4nc5c(cc4c3)oc3ccccc35)cc2)cc1. The fraction of sp³-hybridized carbons (Fsp3) is 0. The predicted octanol–water partition coefficient (Wildman–Crippen LogP) is 13.8. The van der Waals surface area contributed by atoms with Crippen LogP contribution < -0.4 is 4.90 Å². The van der Waals surface area contributed by atoms with Gasteiger partial charge in [0.15, 0.2) is 5.58 Å². The summed E-state index contributed by atoms with van der Waals surface area (Å²) >= 11 is 0. The van der Waals surface area contributed by atoms with Gasteiger partial charge < -0.3 is 9.32 Å². The summed E-state index contributed by atoms with van der Waals surface area (Å²) in [5.41, 5.74) is 13.7. The third kappa shape index (κ3) is 5.19. The standard InChI is InChI=1S/C49H32N2O/c1-3-12-33(13-4-1)34-22-24-38(25-23-34)51(39-27-29-46-37(30-39)31-48-49(50-46)44-19-9-10-21-47(44)52-48)40-26-28-43(45(32-40)36-14-5-2-6-15-36)42-20-11-17-35-16-7-8-18-41(35)42/h1-32H. The molecule has 0 bridgehead atoms. The van der Waals surface area contributed by atoms with E-state index < -0.39 is 0 Å². The smallest absolute Gasteiger partial charge is 0.154 e. The van der Waals surface area contributed by atoms with Gasteiger partial charge in [-0.2, -0.15) is 0 Å². The highest BCUT2D eigenvalue weighted by Gasteiger charge is 2.19. The van der Waals surface area contributed by atoms with Crippen molar-refractivity contribution in [2.75, 3.05) is 4.90 Å². The molecule has 8 aromatic carbocycles. The van der Waals surface area contributed by atoms with Crippen LogP contribution in [-0.2, 0) is 0 Å². The van der Waals surface area contributed by atoms with Crippen LogP contribution in [-0.4, -0.2) is 4.98 Å². The molecule has 0 unspecified atom stereocenters. The Bertz CT molecular complexity index is 2890. The first kappa shape index (κ1) is 29.9. The maximum absolute atomic E-state index is 6.26. The Labute approximate surface area is 301 Å². The van der Waals surface area contributed by atoms with Gasteiger partial charge in [0.1, 0.15) is 11.1 Å². The van der Waals surface area contributed by atoms with E-state index in [0.29, 0.717) is 0 Å². The summed E-state index contributed by atoms with van der Waals surface area (Å²) < 4.78 is 6.26. The monoisotopic (exact) mass is 664 g/mol. The lowest BCUT2D eigenvalue weighted by molar-refractivity contribution is 0.669. The van der Waals surface area contributed by atoms with Crippen molar-refractivity contribution in [3.8, 4) is 33.4 Å². The van der Waals surface area contributed by atoms with Crippen LogP contribution in [0.5, 0.6) is 0 Å². The highest BCUT2D eigenvalue weighted by atomic mass is 16.3. The molecule has 0 aliphatic carbocycles. The van der Waals surface area contributed by atoms with E-state index in [0.717, 1.165) is 50.0 Å². The Morgan fingerprint density at radius 2 is 1.00 bits per heavy atom. The highest BCUT2D eigenvalue weighted by Crippen LogP contribution is 2.43. The second-order valence-corrected chi connectivity index (χ2v) is 13.2. The van der Waals surface area contributed by atoms with Gasteiger partial charge in [-0.05, 0) is 105 Å². The molecule has 244 valence electrons. The number of furan rings is 1. The van der Waals surface area contributed by atoms with E-state index in [4.69, 9.17) is 9.40 Å². The molecule has 0 aliphatic rings. The predicted molar refractivity (Wildman–Crippen MR) is 218 cm³/mol. The third-order valence-electron chi connectivity index (χ3n) is 10.0. The number of nitrogens with zero attached hydrogens (tertiary/aromatic N) is 2. The van der Waals surface area contributed by atoms with Crippen LogP contribution in [0.1, 0.15) is 0 Å². The van der Waals surface area contributed by atoms with Crippen molar-refractivity contribution in [2.24, 2.45) is 0 Å². The molecular formula is C49H32N2O. The average Bonchev–Trinajstić information content (AvgIpc) is 3.58. The summed E-state index contributed by atoms with van der Waals surface area (Å²) in [5.74, 6) is 0. The van der Waals surface area contributed by atoms with Crippen LogP contribution in [0.3, 0.4) is 0 Å². The van der Waals surface area contributed by atoms with Crippen molar-refractivity contribution in [1.29, 1.82) is 0 Å². The minimum atomic E-state index is 0.787. The van der Waals surface area contributed by atoms with Gasteiger partial charge in [0.05, 0.1) is 5.52 Å². The minimum Gasteiger partial charge on any atom is -0.454 e. The Balaban J connectivity index is 1.17. The average molecular weight is 665 g/mol. The van der Waals surface area contributed by atoms with Crippen LogP contribution in [0, 0.1) is 0 Å². The number of rotatable bonds is 6. The van der Waals surface area contributed by atoms with E-state index >= 15 is 0 Å². The summed E-state index contributed by atoms with van der Waals surface area (Å²) in [6.07, 6.45) is 0. The van der Waals surface area contributed by atoms with Gasteiger partial charge in [-0.1, -0.05) is 133 Å². The van der Waals surface area contributed by atoms with E-state index in [9.17, 15) is 0 Å². The van der Waals surface area contributed by atoms with Gasteiger partial charge >= 0.3 is 0 Å². The molecule has 0 amide bonds. The zero-order valence-electron chi connectivity index (χ0n) is 28.3. The van der Waals surface area contributed by atoms with Crippen LogP contribution >= 0.6 is 0 Å². The fourth-order valence-corrected chi connectivity index (χ4v) is 7.53. The van der Waals surface area contributed by atoms with Gasteiger partial charge in [0, 0.05) is 27.8 Å². The lowest BCUT2D eigenvalue weighted by Crippen LogP contribution is -2.10. The van der Waals surface area contributed by atoms with Crippen molar-refractivity contribution < 1.29 is 4.42 Å². The van der Waals surface area contributed by atoms with Crippen LogP contribution in [0.4, 0.5) is 17.1 Å². The minimum absolute atomic E-state index is 0.787. The van der Waals surface area contributed by atoms with E-state index in [-0.39, 0.29) is 0 Å². The molecule has 3 heteroatoms. The van der Waals surface area contributed by atoms with Crippen LogP contribution in [0.2, 0.25) is 0 Å². The first-order valence-electron chi connectivity index (χ1n) is 17.6. The van der Waals surface area contributed by atoms with Gasteiger partial charge in [0.25, 0.3) is 0 Å². The molecule has 10 aromatic rings. The summed E-state index contributed by atoms with van der Waals surface area (Å²) in [4.78, 5) is 7.41. The third-order valence-corrected chi connectivity index (χ3v) is 10.0. The van der Waals surface area contributed by atoms with Gasteiger partial charge in [-0.15, -0.1) is 0 Å². The molecule has 2 aromatic heterocycles. The molecule has 3 nitrogen and oxygen atoms in total. The first-order chi connectivity index (χ1) is 25.8. The summed E-state index contributed by atoms with van der Waals surface area (Å²) in [6.45, 7) is 0. The first-order valence-corrected chi connectivity index (χ1v) is 17.6. The Morgan fingerprint density at radius 1 is 0.365 bits per heavy atom. The fourth-order valence-electron chi connectivity index (χ4n) is 7.53. The van der Waals surface area contributed by atoms with E-state index in [1.807, 2.05) is 18.2 Å². The number of hydrogen-bond donors (Lipinski definition) is 0. The number of fused-ring (bicyclic) bond motifs is 5. The normalized spacial score (nSPS) is 11.5. The maximum atomic E-state index is 6.26. The number of aromatic nitrogens is 1. The van der Waals surface area contributed by atoms with Crippen molar-refractivity contribution >= 4 is 60.8 Å². The summed E-state index contributed by atoms with van der Waals surface area (Å²) in [5, 5.41) is 4.52. The molecular weight excluding hydrogens is 633 g/mol. The largest absolute Gasteiger partial charge is 0.454 e. The molecule has 0 spiro atoms. The second-order valence-electron chi connectivity index (χ2n) is 13.2. The highest BCUT2D eigenvalue weighted by molar-refractivity contribution is 6.07. The molecule has 0 saturated carbocycles. The topological polar surface area (TPSA) is 29.3 Å². The lowest BCUT2D eigenvalue weighted by atomic mass is 9.90. The van der Waals surface area contributed by atoms with Crippen molar-refractivity contribution in [2.45, 2.75) is 0 Å². The molecule has 2 heterocycles. The number of benzene rings is 8. The molecule has 10 rings (SSSR count). The number of hydrogen-bond acceptors (Lipinski definition) is 3. The van der Waals surface area contributed by atoms with E-state index in [1.54, 1.807) is 0 Å². The number of anilines is 3. The van der Waals surface area contributed by atoms with Gasteiger partial charge in [0.2, 0.25) is 0 Å². The Kier molecular flexibility index (Phi) is 7.14. The lowest BCUT2D eigenvalue weighted by Gasteiger charge is -2.27. The van der Waals surface area contributed by atoms with Gasteiger partial charge in [-0.25, -0.2) is 4.98 Å². The Hall–Kier alpha value is -6.97. The molecule has 0 atom stereocenters. The molecule has 0 saturated heterocycles. The van der Waals surface area contributed by atoms with E-state index in [2.05, 4.69) is 181 Å².